The average Bonchev–Trinajstić information content (AvgIpc) is 2.75. The first-order chi connectivity index (χ1) is 10.1. The zero-order valence-electron chi connectivity index (χ0n) is 11.4. The van der Waals surface area contributed by atoms with E-state index in [4.69, 9.17) is 0 Å². The molecule has 0 aliphatic rings. The fourth-order valence-corrected chi connectivity index (χ4v) is 2.50. The monoisotopic (exact) mass is 285 g/mol. The van der Waals surface area contributed by atoms with Gasteiger partial charge in [-0.3, -0.25) is 4.79 Å². The van der Waals surface area contributed by atoms with Crippen LogP contribution in [0.3, 0.4) is 0 Å². The third-order valence-electron chi connectivity index (χ3n) is 3.55. The van der Waals surface area contributed by atoms with Gasteiger partial charge in [-0.25, -0.2) is 8.78 Å². The number of carbonyl (C=O) groups excluding carboxylic acids is 1. The van der Waals surface area contributed by atoms with Crippen LogP contribution in [0.4, 0.5) is 8.78 Å². The number of fused-ring (bicyclic) bond motifs is 1. The number of benzene rings is 2. The molecule has 0 aliphatic carbocycles. The van der Waals surface area contributed by atoms with Gasteiger partial charge in [-0.05, 0) is 36.6 Å². The fourth-order valence-electron chi connectivity index (χ4n) is 2.50. The van der Waals surface area contributed by atoms with E-state index in [1.165, 1.54) is 6.07 Å². The predicted octanol–water partition coefficient (Wildman–Crippen LogP) is 4.11. The van der Waals surface area contributed by atoms with E-state index in [2.05, 4.69) is 0 Å². The van der Waals surface area contributed by atoms with Crippen molar-refractivity contribution in [3.05, 3.63) is 71.4 Å². The van der Waals surface area contributed by atoms with E-state index in [9.17, 15) is 13.6 Å². The van der Waals surface area contributed by atoms with Crippen LogP contribution in [0.15, 0.2) is 48.5 Å². The van der Waals surface area contributed by atoms with Gasteiger partial charge in [-0.2, -0.15) is 0 Å². The Labute approximate surface area is 120 Å². The Morgan fingerprint density at radius 1 is 1.10 bits per heavy atom. The lowest BCUT2D eigenvalue weighted by molar-refractivity contribution is 0.0969. The normalized spacial score (nSPS) is 11.0. The molecule has 0 radical (unpaired) electrons. The van der Waals surface area contributed by atoms with Crippen LogP contribution in [0.5, 0.6) is 0 Å². The van der Waals surface area contributed by atoms with Gasteiger partial charge < -0.3 is 4.57 Å². The van der Waals surface area contributed by atoms with Gasteiger partial charge in [0.2, 0.25) is 0 Å². The molecule has 3 rings (SSSR count). The quantitative estimate of drug-likeness (QED) is 0.664. The maximum Gasteiger partial charge on any atom is 0.185 e. The number of Topliss-reactive ketones (excluding diaryl/α,β-unsaturated/α-hetero) is 1. The van der Waals surface area contributed by atoms with Crippen LogP contribution in [0.25, 0.3) is 10.9 Å². The molecule has 4 heteroatoms. The molecule has 1 aromatic heterocycles. The van der Waals surface area contributed by atoms with Crippen molar-refractivity contribution in [1.29, 1.82) is 0 Å². The smallest absolute Gasteiger partial charge is 0.185 e. The van der Waals surface area contributed by atoms with Crippen LogP contribution >= 0.6 is 0 Å². The molecule has 0 amide bonds. The highest BCUT2D eigenvalue weighted by atomic mass is 19.1. The lowest BCUT2D eigenvalue weighted by Crippen LogP contribution is -2.13. The Balaban J connectivity index is 1.98. The minimum atomic E-state index is -0.825. The summed E-state index contributed by atoms with van der Waals surface area (Å²) in [4.78, 5) is 12.3. The second-order valence-electron chi connectivity index (χ2n) is 4.98. The van der Waals surface area contributed by atoms with E-state index >= 15 is 0 Å². The number of ketones is 1. The lowest BCUT2D eigenvalue weighted by atomic mass is 10.1. The van der Waals surface area contributed by atoms with Crippen LogP contribution in [0.2, 0.25) is 0 Å². The molecule has 0 atom stereocenters. The maximum atomic E-state index is 13.7. The van der Waals surface area contributed by atoms with Crippen molar-refractivity contribution in [3.8, 4) is 0 Å². The Hall–Kier alpha value is -2.49. The Kier molecular flexibility index (Phi) is 3.29. The molecule has 0 aliphatic heterocycles. The number of carbonyl (C=O) groups is 1. The Morgan fingerprint density at radius 2 is 1.86 bits per heavy atom. The first-order valence-corrected chi connectivity index (χ1v) is 6.59. The number of nitrogens with zero attached hydrogens (tertiary/aromatic N) is 1. The van der Waals surface area contributed by atoms with E-state index in [0.29, 0.717) is 0 Å². The number of para-hydroxylation sites is 1. The van der Waals surface area contributed by atoms with Crippen LogP contribution in [0, 0.1) is 18.6 Å². The standard InChI is InChI=1S/C17H13F2NO/c1-11-8-12-4-2-3-5-16(12)20(11)10-17(21)14-7-6-13(18)9-15(14)19/h2-9H,10H2,1H3. The van der Waals surface area contributed by atoms with E-state index in [0.717, 1.165) is 28.7 Å². The summed E-state index contributed by atoms with van der Waals surface area (Å²) in [6.07, 6.45) is 0. The summed E-state index contributed by atoms with van der Waals surface area (Å²) >= 11 is 0. The molecule has 0 saturated heterocycles. The molecule has 21 heavy (non-hydrogen) atoms. The van der Waals surface area contributed by atoms with Crippen molar-refractivity contribution >= 4 is 16.7 Å². The molecular weight excluding hydrogens is 272 g/mol. The second kappa shape index (κ2) is 5.13. The summed E-state index contributed by atoms with van der Waals surface area (Å²) in [6.45, 7) is 1.93. The zero-order valence-corrected chi connectivity index (χ0v) is 11.4. The van der Waals surface area contributed by atoms with Crippen LogP contribution in [0.1, 0.15) is 16.1 Å². The molecule has 0 N–H and O–H groups in total. The molecule has 2 aromatic carbocycles. The SMILES string of the molecule is Cc1cc2ccccc2n1CC(=O)c1ccc(F)cc1F. The first-order valence-electron chi connectivity index (χ1n) is 6.59. The second-order valence-corrected chi connectivity index (χ2v) is 4.98. The summed E-state index contributed by atoms with van der Waals surface area (Å²) in [7, 11) is 0. The summed E-state index contributed by atoms with van der Waals surface area (Å²) in [5.74, 6) is -1.89. The maximum absolute atomic E-state index is 13.7. The number of aromatic nitrogens is 1. The number of rotatable bonds is 3. The van der Waals surface area contributed by atoms with Crippen molar-refractivity contribution < 1.29 is 13.6 Å². The highest BCUT2D eigenvalue weighted by molar-refractivity contribution is 5.97. The largest absolute Gasteiger partial charge is 0.337 e. The molecule has 106 valence electrons. The van der Waals surface area contributed by atoms with Crippen molar-refractivity contribution in [2.45, 2.75) is 13.5 Å². The van der Waals surface area contributed by atoms with Gasteiger partial charge in [-0.1, -0.05) is 18.2 Å². The Morgan fingerprint density at radius 3 is 2.62 bits per heavy atom. The van der Waals surface area contributed by atoms with Crippen LogP contribution < -0.4 is 0 Å². The zero-order chi connectivity index (χ0) is 15.0. The minimum Gasteiger partial charge on any atom is -0.337 e. The molecule has 0 fully saturated rings. The third kappa shape index (κ3) is 2.44. The average molecular weight is 285 g/mol. The molecule has 0 saturated carbocycles. The van der Waals surface area contributed by atoms with Crippen LogP contribution in [-0.4, -0.2) is 10.4 Å². The van der Waals surface area contributed by atoms with Gasteiger partial charge in [0.25, 0.3) is 0 Å². The van der Waals surface area contributed by atoms with Crippen molar-refractivity contribution in [1.82, 2.24) is 4.57 Å². The summed E-state index contributed by atoms with van der Waals surface area (Å²) < 4.78 is 28.4. The van der Waals surface area contributed by atoms with Gasteiger partial charge in [0.1, 0.15) is 11.6 Å². The van der Waals surface area contributed by atoms with Crippen molar-refractivity contribution in [2.24, 2.45) is 0 Å². The summed E-state index contributed by atoms with van der Waals surface area (Å²) in [5, 5.41) is 1.03. The third-order valence-corrected chi connectivity index (χ3v) is 3.55. The van der Waals surface area contributed by atoms with E-state index < -0.39 is 11.6 Å². The predicted molar refractivity (Wildman–Crippen MR) is 77.4 cm³/mol. The number of hydrogen-bond acceptors (Lipinski definition) is 1. The molecule has 0 unspecified atom stereocenters. The fraction of sp³-hybridized carbons (Fsp3) is 0.118. The number of hydrogen-bond donors (Lipinski definition) is 0. The number of halogens is 2. The topological polar surface area (TPSA) is 22.0 Å². The summed E-state index contributed by atoms with van der Waals surface area (Å²) in [6, 6.07) is 12.7. The van der Waals surface area contributed by atoms with Gasteiger partial charge in [-0.15, -0.1) is 0 Å². The van der Waals surface area contributed by atoms with Gasteiger partial charge in [0.15, 0.2) is 5.78 Å². The van der Waals surface area contributed by atoms with Gasteiger partial charge in [0, 0.05) is 17.3 Å². The van der Waals surface area contributed by atoms with E-state index in [-0.39, 0.29) is 17.9 Å². The molecule has 0 spiro atoms. The van der Waals surface area contributed by atoms with Crippen molar-refractivity contribution in [3.63, 3.8) is 0 Å². The van der Waals surface area contributed by atoms with E-state index in [1.807, 2.05) is 41.8 Å². The van der Waals surface area contributed by atoms with Crippen LogP contribution in [-0.2, 0) is 6.54 Å². The highest BCUT2D eigenvalue weighted by Gasteiger charge is 2.15. The molecule has 3 aromatic rings. The van der Waals surface area contributed by atoms with Gasteiger partial charge >= 0.3 is 0 Å². The molecular formula is C17H13F2NO. The molecule has 0 bridgehead atoms. The molecule has 1 heterocycles. The van der Waals surface area contributed by atoms with Gasteiger partial charge in [0.05, 0.1) is 12.1 Å². The highest BCUT2D eigenvalue weighted by Crippen LogP contribution is 2.20. The first kappa shape index (κ1) is 13.5. The summed E-state index contributed by atoms with van der Waals surface area (Å²) in [5.41, 5.74) is 1.76. The Bertz CT molecular complexity index is 836. The molecule has 2 nitrogen and oxygen atoms in total. The minimum absolute atomic E-state index is 0.0297. The van der Waals surface area contributed by atoms with E-state index in [1.54, 1.807) is 0 Å². The van der Waals surface area contributed by atoms with Crippen molar-refractivity contribution in [2.75, 3.05) is 0 Å². The lowest BCUT2D eigenvalue weighted by Gasteiger charge is -2.08. The number of aryl methyl sites for hydroxylation is 1.